The summed E-state index contributed by atoms with van der Waals surface area (Å²) in [6.07, 6.45) is -4.63. The van der Waals surface area contributed by atoms with Gasteiger partial charge in [0.25, 0.3) is 5.91 Å². The molecule has 0 fully saturated rings. The van der Waals surface area contributed by atoms with Crippen molar-refractivity contribution in [3.8, 4) is 0 Å². The summed E-state index contributed by atoms with van der Waals surface area (Å²) in [5, 5.41) is 2.48. The monoisotopic (exact) mass is 495 g/mol. The number of benzene rings is 3. The van der Waals surface area contributed by atoms with E-state index >= 15 is 0 Å². The maximum absolute atomic E-state index is 12.9. The lowest BCUT2D eigenvalue weighted by atomic mass is 9.98. The second kappa shape index (κ2) is 10.1. The fourth-order valence-electron chi connectivity index (χ4n) is 2.81. The third-order valence-electron chi connectivity index (χ3n) is 4.40. The first kappa shape index (κ1) is 24.3. The van der Waals surface area contributed by atoms with Crippen LogP contribution in [0.1, 0.15) is 31.8 Å². The van der Waals surface area contributed by atoms with Crippen molar-refractivity contribution < 1.29 is 32.3 Å². The van der Waals surface area contributed by atoms with Crippen LogP contribution in [0.4, 0.5) is 18.9 Å². The van der Waals surface area contributed by atoms with Crippen molar-refractivity contribution in [2.75, 3.05) is 11.9 Å². The van der Waals surface area contributed by atoms with Crippen molar-refractivity contribution in [1.29, 1.82) is 0 Å². The zero-order chi connectivity index (χ0) is 24.2. The maximum atomic E-state index is 12.9. The van der Waals surface area contributed by atoms with Gasteiger partial charge in [-0.15, -0.1) is 0 Å². The van der Waals surface area contributed by atoms with E-state index in [-0.39, 0.29) is 27.4 Å². The normalized spacial score (nSPS) is 11.1. The largest absolute Gasteiger partial charge is 0.452 e. The van der Waals surface area contributed by atoms with Crippen LogP contribution in [0, 0.1) is 0 Å². The van der Waals surface area contributed by atoms with E-state index < -0.39 is 36.0 Å². The minimum atomic E-state index is -4.63. The summed E-state index contributed by atoms with van der Waals surface area (Å²) in [6, 6.07) is 14.3. The molecule has 3 rings (SSSR count). The number of carbonyl (C=O) groups excluding carboxylic acids is 3. The molecular formula is C23H14Cl2F3NO4. The first-order chi connectivity index (χ1) is 15.6. The van der Waals surface area contributed by atoms with Crippen molar-refractivity contribution in [3.05, 3.63) is 99.0 Å². The van der Waals surface area contributed by atoms with Gasteiger partial charge < -0.3 is 10.1 Å². The van der Waals surface area contributed by atoms with Gasteiger partial charge >= 0.3 is 12.1 Å². The van der Waals surface area contributed by atoms with Crippen LogP contribution < -0.4 is 5.32 Å². The van der Waals surface area contributed by atoms with E-state index in [2.05, 4.69) is 5.32 Å². The molecule has 0 saturated carbocycles. The minimum Gasteiger partial charge on any atom is -0.452 e. The predicted octanol–water partition coefficient (Wildman–Crippen LogP) is 6.04. The Hall–Kier alpha value is -3.36. The van der Waals surface area contributed by atoms with Gasteiger partial charge in [0.2, 0.25) is 0 Å². The number of halogens is 5. The molecule has 0 aliphatic rings. The van der Waals surface area contributed by atoms with Crippen LogP contribution in [0.3, 0.4) is 0 Å². The molecule has 0 bridgehead atoms. The van der Waals surface area contributed by atoms with Gasteiger partial charge in [0.05, 0.1) is 21.8 Å². The third-order valence-corrected chi connectivity index (χ3v) is 4.98. The molecule has 3 aromatic carbocycles. The molecule has 0 heterocycles. The van der Waals surface area contributed by atoms with Crippen LogP contribution in [-0.4, -0.2) is 24.3 Å². The van der Waals surface area contributed by atoms with Crippen LogP contribution in [0.25, 0.3) is 0 Å². The number of ketones is 1. The fraction of sp³-hybridized carbons (Fsp3) is 0.0870. The molecule has 1 amide bonds. The molecule has 0 atom stereocenters. The minimum absolute atomic E-state index is 0.0474. The van der Waals surface area contributed by atoms with Gasteiger partial charge in [0.1, 0.15) is 0 Å². The number of ether oxygens (including phenoxy) is 1. The summed E-state index contributed by atoms with van der Waals surface area (Å²) in [4.78, 5) is 37.4. The summed E-state index contributed by atoms with van der Waals surface area (Å²) < 4.78 is 43.6. The van der Waals surface area contributed by atoms with Crippen LogP contribution in [0.15, 0.2) is 66.7 Å². The van der Waals surface area contributed by atoms with Gasteiger partial charge in [0, 0.05) is 16.1 Å². The Kier molecular flexibility index (Phi) is 7.40. The Morgan fingerprint density at radius 2 is 1.52 bits per heavy atom. The van der Waals surface area contributed by atoms with Crippen molar-refractivity contribution in [1.82, 2.24) is 0 Å². The van der Waals surface area contributed by atoms with E-state index in [9.17, 15) is 27.6 Å². The van der Waals surface area contributed by atoms with Gasteiger partial charge in [-0.25, -0.2) is 4.79 Å². The first-order valence-corrected chi connectivity index (χ1v) is 10.0. The topological polar surface area (TPSA) is 72.5 Å². The van der Waals surface area contributed by atoms with Crippen LogP contribution in [-0.2, 0) is 15.7 Å². The molecule has 33 heavy (non-hydrogen) atoms. The summed E-state index contributed by atoms with van der Waals surface area (Å²) in [6.45, 7) is -0.811. The van der Waals surface area contributed by atoms with E-state index in [1.807, 2.05) is 0 Å². The summed E-state index contributed by atoms with van der Waals surface area (Å²) in [5.41, 5.74) is -1.04. The third kappa shape index (κ3) is 6.12. The molecule has 0 aliphatic carbocycles. The Labute approximate surface area is 196 Å². The van der Waals surface area contributed by atoms with Crippen LogP contribution in [0.5, 0.6) is 0 Å². The summed E-state index contributed by atoms with van der Waals surface area (Å²) >= 11 is 11.7. The summed E-state index contributed by atoms with van der Waals surface area (Å²) in [5.74, 6) is -2.33. The molecule has 5 nitrogen and oxygen atoms in total. The SMILES string of the molecule is O=C(COC(=O)c1ccccc1C(=O)c1ccc(Cl)cc1)Nc1cc(C(F)(F)F)ccc1Cl. The van der Waals surface area contributed by atoms with Crippen molar-refractivity contribution >= 4 is 46.5 Å². The number of carbonyl (C=O) groups is 3. The van der Waals surface area contributed by atoms with E-state index in [1.54, 1.807) is 6.07 Å². The molecule has 0 saturated heterocycles. The Balaban J connectivity index is 1.70. The van der Waals surface area contributed by atoms with Crippen molar-refractivity contribution in [2.45, 2.75) is 6.18 Å². The molecule has 3 aromatic rings. The average Bonchev–Trinajstić information content (AvgIpc) is 2.78. The molecule has 10 heteroatoms. The standard InChI is InChI=1S/C23H14Cl2F3NO4/c24-15-8-5-13(6-9-15)21(31)16-3-1-2-4-17(16)22(32)33-12-20(30)29-19-11-14(23(26,27)28)7-10-18(19)25/h1-11H,12H2,(H,29,30). The molecule has 0 aromatic heterocycles. The highest BCUT2D eigenvalue weighted by atomic mass is 35.5. The van der Waals surface area contributed by atoms with Crippen molar-refractivity contribution in [3.63, 3.8) is 0 Å². The Morgan fingerprint density at radius 3 is 2.15 bits per heavy atom. The number of alkyl halides is 3. The molecule has 0 unspecified atom stereocenters. The molecule has 0 spiro atoms. The van der Waals surface area contributed by atoms with Crippen molar-refractivity contribution in [2.24, 2.45) is 0 Å². The fourth-order valence-corrected chi connectivity index (χ4v) is 3.10. The van der Waals surface area contributed by atoms with E-state index in [0.29, 0.717) is 11.1 Å². The number of nitrogens with one attached hydrogen (secondary N) is 1. The average molecular weight is 496 g/mol. The lowest BCUT2D eigenvalue weighted by Crippen LogP contribution is -2.22. The van der Waals surface area contributed by atoms with Gasteiger partial charge in [-0.05, 0) is 48.5 Å². The number of esters is 1. The first-order valence-electron chi connectivity index (χ1n) is 9.29. The maximum Gasteiger partial charge on any atom is 0.416 e. The second-order valence-electron chi connectivity index (χ2n) is 6.70. The van der Waals surface area contributed by atoms with E-state index in [0.717, 1.165) is 12.1 Å². The number of anilines is 1. The smallest absolute Gasteiger partial charge is 0.416 e. The zero-order valence-electron chi connectivity index (χ0n) is 16.6. The Morgan fingerprint density at radius 1 is 0.879 bits per heavy atom. The molecular weight excluding hydrogens is 482 g/mol. The van der Waals surface area contributed by atoms with Crippen LogP contribution >= 0.6 is 23.2 Å². The Bertz CT molecular complexity index is 1210. The second-order valence-corrected chi connectivity index (χ2v) is 7.54. The highest BCUT2D eigenvalue weighted by Crippen LogP contribution is 2.33. The number of rotatable bonds is 6. The highest BCUT2D eigenvalue weighted by Gasteiger charge is 2.31. The zero-order valence-corrected chi connectivity index (χ0v) is 18.1. The molecule has 0 radical (unpaired) electrons. The van der Waals surface area contributed by atoms with Gasteiger partial charge in [-0.3, -0.25) is 9.59 Å². The van der Waals surface area contributed by atoms with E-state index in [1.165, 1.54) is 42.5 Å². The predicted molar refractivity (Wildman–Crippen MR) is 117 cm³/mol. The number of hydrogen-bond donors (Lipinski definition) is 1. The van der Waals surface area contributed by atoms with E-state index in [4.69, 9.17) is 27.9 Å². The highest BCUT2D eigenvalue weighted by molar-refractivity contribution is 6.33. The number of amides is 1. The van der Waals surface area contributed by atoms with Crippen LogP contribution in [0.2, 0.25) is 10.0 Å². The van der Waals surface area contributed by atoms with Gasteiger partial charge in [-0.1, -0.05) is 41.4 Å². The van der Waals surface area contributed by atoms with Gasteiger partial charge in [0.15, 0.2) is 12.4 Å². The number of hydrogen-bond acceptors (Lipinski definition) is 4. The molecule has 1 N–H and O–H groups in total. The molecule has 170 valence electrons. The van der Waals surface area contributed by atoms with Gasteiger partial charge in [-0.2, -0.15) is 13.2 Å². The summed E-state index contributed by atoms with van der Waals surface area (Å²) in [7, 11) is 0. The lowest BCUT2D eigenvalue weighted by Gasteiger charge is -2.12. The molecule has 0 aliphatic heterocycles. The quantitative estimate of drug-likeness (QED) is 0.334. The lowest BCUT2D eigenvalue weighted by molar-refractivity contribution is -0.137.